The summed E-state index contributed by atoms with van der Waals surface area (Å²) < 4.78 is 5.36. The molecule has 2 N–H and O–H groups in total. The Hall–Kier alpha value is -2.12. The van der Waals surface area contributed by atoms with E-state index in [4.69, 9.17) is 4.74 Å². The number of rotatable bonds is 8. The molecule has 1 aromatic rings. The second-order valence-corrected chi connectivity index (χ2v) is 6.72. The second-order valence-electron chi connectivity index (χ2n) is 6.72. The van der Waals surface area contributed by atoms with Gasteiger partial charge in [0.25, 0.3) is 0 Å². The number of hydrogen-bond donors (Lipinski definition) is 2. The fourth-order valence-electron chi connectivity index (χ4n) is 2.83. The third-order valence-corrected chi connectivity index (χ3v) is 4.16. The van der Waals surface area contributed by atoms with Crippen molar-refractivity contribution in [2.75, 3.05) is 56.2 Å². The van der Waals surface area contributed by atoms with Crippen molar-refractivity contribution in [1.29, 1.82) is 0 Å². The van der Waals surface area contributed by atoms with Gasteiger partial charge >= 0.3 is 0 Å². The monoisotopic (exact) mass is 362 g/mol. The van der Waals surface area contributed by atoms with E-state index in [2.05, 4.69) is 15.5 Å². The molecule has 0 atom stereocenters. The SMILES string of the molecule is CCN(CC(=O)Nc1ccc(N2CCOCC2)cc1)CC(=O)NC(C)C. The maximum atomic E-state index is 12.3. The van der Waals surface area contributed by atoms with Gasteiger partial charge in [0.15, 0.2) is 0 Å². The fourth-order valence-corrected chi connectivity index (χ4v) is 2.83. The summed E-state index contributed by atoms with van der Waals surface area (Å²) in [5, 5.41) is 5.74. The molecule has 0 saturated carbocycles. The van der Waals surface area contributed by atoms with Gasteiger partial charge in [-0.2, -0.15) is 0 Å². The predicted octanol–water partition coefficient (Wildman–Crippen LogP) is 1.31. The fraction of sp³-hybridized carbons (Fsp3) is 0.579. The van der Waals surface area contributed by atoms with E-state index in [-0.39, 0.29) is 30.9 Å². The highest BCUT2D eigenvalue weighted by Crippen LogP contribution is 2.19. The zero-order valence-corrected chi connectivity index (χ0v) is 16.0. The first-order valence-electron chi connectivity index (χ1n) is 9.22. The molecule has 1 saturated heterocycles. The van der Waals surface area contributed by atoms with Gasteiger partial charge in [0, 0.05) is 30.5 Å². The minimum atomic E-state index is -0.122. The van der Waals surface area contributed by atoms with Gasteiger partial charge in [0.05, 0.1) is 26.3 Å². The Morgan fingerprint density at radius 3 is 2.31 bits per heavy atom. The first-order valence-corrected chi connectivity index (χ1v) is 9.22. The molecule has 0 bridgehead atoms. The summed E-state index contributed by atoms with van der Waals surface area (Å²) in [5.41, 5.74) is 1.89. The molecule has 7 heteroatoms. The molecule has 0 aliphatic carbocycles. The average molecular weight is 362 g/mol. The van der Waals surface area contributed by atoms with Crippen molar-refractivity contribution in [2.24, 2.45) is 0 Å². The number of nitrogens with one attached hydrogen (secondary N) is 2. The standard InChI is InChI=1S/C19H30N4O3/c1-4-22(13-18(24)20-15(2)3)14-19(25)21-16-5-7-17(8-6-16)23-9-11-26-12-10-23/h5-8,15H,4,9-14H2,1-3H3,(H,20,24)(H,21,25). The van der Waals surface area contributed by atoms with Gasteiger partial charge < -0.3 is 20.3 Å². The molecule has 144 valence electrons. The third kappa shape index (κ3) is 6.65. The number of anilines is 2. The van der Waals surface area contributed by atoms with Crippen LogP contribution in [0.1, 0.15) is 20.8 Å². The number of carbonyl (C=O) groups excluding carboxylic acids is 2. The van der Waals surface area contributed by atoms with Crippen LogP contribution in [0.25, 0.3) is 0 Å². The smallest absolute Gasteiger partial charge is 0.238 e. The number of nitrogens with zero attached hydrogens (tertiary/aromatic N) is 2. The van der Waals surface area contributed by atoms with Crippen LogP contribution in [0.5, 0.6) is 0 Å². The van der Waals surface area contributed by atoms with Crippen LogP contribution in [0.15, 0.2) is 24.3 Å². The van der Waals surface area contributed by atoms with E-state index in [0.29, 0.717) is 6.54 Å². The van der Waals surface area contributed by atoms with E-state index in [1.54, 1.807) is 0 Å². The quantitative estimate of drug-likeness (QED) is 0.729. The van der Waals surface area contributed by atoms with E-state index in [0.717, 1.165) is 37.7 Å². The van der Waals surface area contributed by atoms with Gasteiger partial charge in [-0.3, -0.25) is 14.5 Å². The van der Waals surface area contributed by atoms with Crippen molar-refractivity contribution < 1.29 is 14.3 Å². The first kappa shape index (κ1) is 20.2. The molecule has 1 aromatic carbocycles. The van der Waals surface area contributed by atoms with Crippen molar-refractivity contribution in [3.05, 3.63) is 24.3 Å². The molecule has 26 heavy (non-hydrogen) atoms. The Morgan fingerprint density at radius 2 is 1.73 bits per heavy atom. The second kappa shape index (κ2) is 10.1. The lowest BCUT2D eigenvalue weighted by atomic mass is 10.2. The number of benzene rings is 1. The number of ether oxygens (including phenoxy) is 1. The Balaban J connectivity index is 1.83. The number of likely N-dealkylation sites (N-methyl/N-ethyl adjacent to an activating group) is 1. The maximum Gasteiger partial charge on any atom is 0.238 e. The van der Waals surface area contributed by atoms with Crippen LogP contribution in [-0.4, -0.2) is 68.7 Å². The molecular formula is C19H30N4O3. The number of amides is 2. The molecule has 0 radical (unpaired) electrons. The van der Waals surface area contributed by atoms with E-state index in [1.165, 1.54) is 0 Å². The summed E-state index contributed by atoms with van der Waals surface area (Å²) in [4.78, 5) is 28.2. The lowest BCUT2D eigenvalue weighted by Gasteiger charge is -2.29. The van der Waals surface area contributed by atoms with Crippen LogP contribution >= 0.6 is 0 Å². The molecule has 7 nitrogen and oxygen atoms in total. The molecule has 2 amide bonds. The van der Waals surface area contributed by atoms with Gasteiger partial charge in [-0.05, 0) is 44.7 Å². The molecule has 2 rings (SSSR count). The molecule has 1 aliphatic heterocycles. The highest BCUT2D eigenvalue weighted by molar-refractivity contribution is 5.92. The van der Waals surface area contributed by atoms with Crippen LogP contribution in [0.2, 0.25) is 0 Å². The van der Waals surface area contributed by atoms with E-state index >= 15 is 0 Å². The average Bonchev–Trinajstić information content (AvgIpc) is 2.61. The van der Waals surface area contributed by atoms with E-state index in [9.17, 15) is 9.59 Å². The van der Waals surface area contributed by atoms with Crippen LogP contribution in [0, 0.1) is 0 Å². The third-order valence-electron chi connectivity index (χ3n) is 4.16. The lowest BCUT2D eigenvalue weighted by molar-refractivity contribution is -0.123. The van der Waals surface area contributed by atoms with Gasteiger partial charge in [-0.1, -0.05) is 6.92 Å². The highest BCUT2D eigenvalue weighted by Gasteiger charge is 2.14. The minimum Gasteiger partial charge on any atom is -0.378 e. The Morgan fingerprint density at radius 1 is 1.12 bits per heavy atom. The molecular weight excluding hydrogens is 332 g/mol. The normalized spacial score (nSPS) is 14.6. The van der Waals surface area contributed by atoms with E-state index in [1.807, 2.05) is 49.9 Å². The maximum absolute atomic E-state index is 12.3. The van der Waals surface area contributed by atoms with Crippen molar-refractivity contribution in [3.63, 3.8) is 0 Å². The summed E-state index contributed by atoms with van der Waals surface area (Å²) in [6.07, 6.45) is 0. The van der Waals surface area contributed by atoms with Crippen molar-refractivity contribution in [2.45, 2.75) is 26.8 Å². The summed E-state index contributed by atoms with van der Waals surface area (Å²) in [5.74, 6) is -0.187. The Kier molecular flexibility index (Phi) is 7.87. The highest BCUT2D eigenvalue weighted by atomic mass is 16.5. The zero-order valence-electron chi connectivity index (χ0n) is 16.0. The molecule has 1 heterocycles. The topological polar surface area (TPSA) is 73.9 Å². The molecule has 0 unspecified atom stereocenters. The van der Waals surface area contributed by atoms with E-state index < -0.39 is 0 Å². The number of carbonyl (C=O) groups is 2. The summed E-state index contributed by atoms with van der Waals surface area (Å²) >= 11 is 0. The lowest BCUT2D eigenvalue weighted by Crippen LogP contribution is -2.42. The van der Waals surface area contributed by atoms with Crippen molar-refractivity contribution in [1.82, 2.24) is 10.2 Å². The molecule has 1 fully saturated rings. The largest absolute Gasteiger partial charge is 0.378 e. The van der Waals surface area contributed by atoms with Gasteiger partial charge in [0.1, 0.15) is 0 Å². The minimum absolute atomic E-state index is 0.0653. The van der Waals surface area contributed by atoms with Crippen molar-refractivity contribution >= 4 is 23.2 Å². The Bertz CT molecular complexity index is 583. The summed E-state index contributed by atoms with van der Waals surface area (Å²) in [7, 11) is 0. The molecule has 0 spiro atoms. The van der Waals surface area contributed by atoms with Gasteiger partial charge in [-0.25, -0.2) is 0 Å². The molecule has 0 aromatic heterocycles. The zero-order chi connectivity index (χ0) is 18.9. The van der Waals surface area contributed by atoms with Crippen molar-refractivity contribution in [3.8, 4) is 0 Å². The van der Waals surface area contributed by atoms with Gasteiger partial charge in [-0.15, -0.1) is 0 Å². The molecule has 1 aliphatic rings. The Labute approximate surface area is 155 Å². The number of morpholine rings is 1. The summed E-state index contributed by atoms with van der Waals surface area (Å²) in [6, 6.07) is 7.93. The first-order chi connectivity index (χ1) is 12.5. The predicted molar refractivity (Wildman–Crippen MR) is 103 cm³/mol. The van der Waals surface area contributed by atoms with Gasteiger partial charge in [0.2, 0.25) is 11.8 Å². The van der Waals surface area contributed by atoms with Crippen LogP contribution in [-0.2, 0) is 14.3 Å². The van der Waals surface area contributed by atoms with Crippen LogP contribution in [0.4, 0.5) is 11.4 Å². The summed E-state index contributed by atoms with van der Waals surface area (Å²) in [6.45, 7) is 10.1. The van der Waals surface area contributed by atoms with Crippen LogP contribution < -0.4 is 15.5 Å². The number of hydrogen-bond acceptors (Lipinski definition) is 5. The van der Waals surface area contributed by atoms with Crippen LogP contribution in [0.3, 0.4) is 0 Å².